The minimum atomic E-state index is -0.150. The molecule has 3 rings (SSSR count). The van der Waals surface area contributed by atoms with Gasteiger partial charge in [0, 0.05) is 0 Å². The van der Waals surface area contributed by atoms with Gasteiger partial charge in [0.1, 0.15) is 12.3 Å². The van der Waals surface area contributed by atoms with Crippen molar-refractivity contribution in [1.82, 2.24) is 20.6 Å². The van der Waals surface area contributed by atoms with Crippen molar-refractivity contribution in [3.8, 4) is 5.88 Å². The van der Waals surface area contributed by atoms with Gasteiger partial charge in [-0.1, -0.05) is 11.2 Å². The van der Waals surface area contributed by atoms with E-state index in [2.05, 4.69) is 25.2 Å². The van der Waals surface area contributed by atoms with Crippen LogP contribution in [0, 0.1) is 6.92 Å². The summed E-state index contributed by atoms with van der Waals surface area (Å²) < 4.78 is 10.7. The fourth-order valence-electron chi connectivity index (χ4n) is 1.83. The molecule has 0 fully saturated rings. The molecule has 21 heavy (non-hydrogen) atoms. The minimum absolute atomic E-state index is 0.150. The van der Waals surface area contributed by atoms with Crippen molar-refractivity contribution < 1.29 is 14.2 Å². The summed E-state index contributed by atoms with van der Waals surface area (Å²) in [6, 6.07) is 5.48. The number of hydrogen-bond acceptors (Lipinski definition) is 7. The molecule has 0 bridgehead atoms. The predicted octanol–water partition coefficient (Wildman–Crippen LogP) is 1.80. The highest BCUT2D eigenvalue weighted by atomic mass is 32.1. The molecule has 0 unspecified atom stereocenters. The van der Waals surface area contributed by atoms with Gasteiger partial charge in [0.15, 0.2) is 0 Å². The summed E-state index contributed by atoms with van der Waals surface area (Å²) in [6.07, 6.45) is 0. The number of hydrogen-bond donors (Lipinski definition) is 1. The Labute approximate surface area is 123 Å². The Balaban J connectivity index is 1.57. The van der Waals surface area contributed by atoms with Gasteiger partial charge in [-0.05, 0) is 24.2 Å². The number of fused-ring (bicyclic) bond motifs is 1. The molecule has 1 amide bonds. The van der Waals surface area contributed by atoms with E-state index in [0.29, 0.717) is 30.3 Å². The number of aryl methyl sites for hydroxylation is 1. The quantitative estimate of drug-likeness (QED) is 0.723. The summed E-state index contributed by atoms with van der Waals surface area (Å²) in [4.78, 5) is 16.3. The number of amides is 1. The molecule has 0 saturated heterocycles. The number of carbonyl (C=O) groups excluding carboxylic acids is 1. The summed E-state index contributed by atoms with van der Waals surface area (Å²) in [5.41, 5.74) is 3.75. The van der Waals surface area contributed by atoms with Gasteiger partial charge in [-0.15, -0.1) is 11.3 Å². The molecule has 0 aliphatic rings. The molecule has 0 aliphatic carbocycles. The molecule has 7 nitrogen and oxygen atoms in total. The van der Waals surface area contributed by atoms with Crippen LogP contribution in [0.1, 0.15) is 16.1 Å². The van der Waals surface area contributed by atoms with E-state index in [1.807, 2.05) is 12.1 Å². The molecular weight excluding hydrogens is 292 g/mol. The third-order valence-corrected chi connectivity index (χ3v) is 3.71. The molecule has 0 saturated carbocycles. The Kier molecular flexibility index (Phi) is 3.78. The van der Waals surface area contributed by atoms with E-state index in [1.54, 1.807) is 18.5 Å². The summed E-state index contributed by atoms with van der Waals surface area (Å²) in [5, 5.41) is 10.00. The van der Waals surface area contributed by atoms with Crippen molar-refractivity contribution >= 4 is 27.5 Å². The smallest absolute Gasteiger partial charge is 0.278 e. The molecule has 2 aromatic heterocycles. The van der Waals surface area contributed by atoms with E-state index < -0.39 is 0 Å². The molecule has 1 aromatic carbocycles. The second kappa shape index (κ2) is 5.88. The van der Waals surface area contributed by atoms with Gasteiger partial charge < -0.3 is 10.1 Å². The largest absolute Gasteiger partial charge is 0.472 e. The lowest BCUT2D eigenvalue weighted by atomic mass is 10.2. The standard InChI is InChI=1S/C13H12N4O3S/c1-8-13(17-20-16-8)19-6-5-14-12(18)9-3-2-4-10-11(9)21-7-15-10/h2-4,7H,5-6H2,1H3,(H,14,18). The van der Waals surface area contributed by atoms with E-state index in [4.69, 9.17) is 4.74 Å². The van der Waals surface area contributed by atoms with Gasteiger partial charge in [0.05, 0.1) is 27.8 Å². The number of nitrogens with zero attached hydrogens (tertiary/aromatic N) is 3. The zero-order valence-corrected chi connectivity index (χ0v) is 12.0. The van der Waals surface area contributed by atoms with Crippen LogP contribution in [-0.2, 0) is 0 Å². The number of ether oxygens (including phenoxy) is 1. The molecular formula is C13H12N4O3S. The van der Waals surface area contributed by atoms with Crippen LogP contribution in [0.25, 0.3) is 10.2 Å². The lowest BCUT2D eigenvalue weighted by Gasteiger charge is -2.06. The number of rotatable bonds is 5. The van der Waals surface area contributed by atoms with Crippen molar-refractivity contribution in [2.45, 2.75) is 6.92 Å². The average Bonchev–Trinajstić information content (AvgIpc) is 3.11. The maximum absolute atomic E-state index is 12.2. The van der Waals surface area contributed by atoms with Gasteiger partial charge in [0.25, 0.3) is 11.8 Å². The van der Waals surface area contributed by atoms with E-state index in [0.717, 1.165) is 10.2 Å². The monoisotopic (exact) mass is 304 g/mol. The van der Waals surface area contributed by atoms with Gasteiger partial charge in [-0.2, -0.15) is 0 Å². The first-order chi connectivity index (χ1) is 10.3. The van der Waals surface area contributed by atoms with Crippen LogP contribution in [0.4, 0.5) is 0 Å². The van der Waals surface area contributed by atoms with E-state index >= 15 is 0 Å². The average molecular weight is 304 g/mol. The van der Waals surface area contributed by atoms with Crippen LogP contribution in [0.5, 0.6) is 5.88 Å². The topological polar surface area (TPSA) is 90.1 Å². The first kappa shape index (κ1) is 13.5. The Hall–Kier alpha value is -2.48. The highest BCUT2D eigenvalue weighted by Crippen LogP contribution is 2.21. The Morgan fingerprint density at radius 3 is 3.14 bits per heavy atom. The summed E-state index contributed by atoms with van der Waals surface area (Å²) in [7, 11) is 0. The second-order valence-corrected chi connectivity index (χ2v) is 5.12. The highest BCUT2D eigenvalue weighted by molar-refractivity contribution is 7.17. The molecule has 0 aliphatic heterocycles. The zero-order valence-electron chi connectivity index (χ0n) is 11.2. The van der Waals surface area contributed by atoms with Crippen LogP contribution < -0.4 is 10.1 Å². The third-order valence-electron chi connectivity index (χ3n) is 2.84. The predicted molar refractivity (Wildman–Crippen MR) is 76.5 cm³/mol. The molecule has 108 valence electrons. The lowest BCUT2D eigenvalue weighted by Crippen LogP contribution is -2.28. The lowest BCUT2D eigenvalue weighted by molar-refractivity contribution is 0.0948. The van der Waals surface area contributed by atoms with Gasteiger partial charge in [-0.3, -0.25) is 4.79 Å². The van der Waals surface area contributed by atoms with Crippen LogP contribution in [0.15, 0.2) is 28.3 Å². The van der Waals surface area contributed by atoms with E-state index in [9.17, 15) is 4.79 Å². The molecule has 8 heteroatoms. The molecule has 0 spiro atoms. The number of benzene rings is 1. The summed E-state index contributed by atoms with van der Waals surface area (Å²) in [6.45, 7) is 2.38. The Morgan fingerprint density at radius 2 is 2.33 bits per heavy atom. The van der Waals surface area contributed by atoms with Gasteiger partial charge >= 0.3 is 0 Å². The number of thiazole rings is 1. The number of aromatic nitrogens is 3. The minimum Gasteiger partial charge on any atom is -0.472 e. The van der Waals surface area contributed by atoms with Crippen molar-refractivity contribution in [2.24, 2.45) is 0 Å². The molecule has 1 N–H and O–H groups in total. The van der Waals surface area contributed by atoms with Gasteiger partial charge in [-0.25, -0.2) is 9.61 Å². The third kappa shape index (κ3) is 2.84. The molecule has 2 heterocycles. The van der Waals surface area contributed by atoms with E-state index in [-0.39, 0.29) is 5.91 Å². The van der Waals surface area contributed by atoms with Crippen LogP contribution in [0.3, 0.4) is 0 Å². The number of nitrogens with one attached hydrogen (secondary N) is 1. The van der Waals surface area contributed by atoms with Gasteiger partial charge in [0.2, 0.25) is 0 Å². The van der Waals surface area contributed by atoms with Crippen LogP contribution >= 0.6 is 11.3 Å². The van der Waals surface area contributed by atoms with E-state index in [1.165, 1.54) is 11.3 Å². The maximum atomic E-state index is 12.2. The second-order valence-electron chi connectivity index (χ2n) is 4.27. The van der Waals surface area contributed by atoms with Crippen LogP contribution in [0.2, 0.25) is 0 Å². The molecule has 0 atom stereocenters. The fraction of sp³-hybridized carbons (Fsp3) is 0.231. The van der Waals surface area contributed by atoms with Crippen LogP contribution in [-0.4, -0.2) is 34.4 Å². The highest BCUT2D eigenvalue weighted by Gasteiger charge is 2.11. The SMILES string of the molecule is Cc1nonc1OCCNC(=O)c1cccc2ncsc12. The Morgan fingerprint density at radius 1 is 1.43 bits per heavy atom. The van der Waals surface area contributed by atoms with Crippen molar-refractivity contribution in [2.75, 3.05) is 13.2 Å². The van der Waals surface area contributed by atoms with Crippen molar-refractivity contribution in [3.63, 3.8) is 0 Å². The normalized spacial score (nSPS) is 10.7. The fourth-order valence-corrected chi connectivity index (χ4v) is 2.63. The van der Waals surface area contributed by atoms with Crippen molar-refractivity contribution in [1.29, 1.82) is 0 Å². The first-order valence-electron chi connectivity index (χ1n) is 6.28. The van der Waals surface area contributed by atoms with Crippen molar-refractivity contribution in [3.05, 3.63) is 35.0 Å². The Bertz CT molecular complexity index is 767. The first-order valence-corrected chi connectivity index (χ1v) is 7.16. The molecule has 0 radical (unpaired) electrons. The maximum Gasteiger partial charge on any atom is 0.278 e. The zero-order chi connectivity index (χ0) is 14.7. The number of carbonyl (C=O) groups is 1. The molecule has 3 aromatic rings. The summed E-state index contributed by atoms with van der Waals surface area (Å²) >= 11 is 1.45. The summed E-state index contributed by atoms with van der Waals surface area (Å²) in [5.74, 6) is 0.192.